The van der Waals surface area contributed by atoms with Crippen molar-refractivity contribution in [1.82, 2.24) is 4.90 Å². The summed E-state index contributed by atoms with van der Waals surface area (Å²) in [5.74, 6) is -0.307. The maximum absolute atomic E-state index is 13.3. The van der Waals surface area contributed by atoms with Gasteiger partial charge in [-0.25, -0.2) is 4.79 Å². The number of anilines is 1. The van der Waals surface area contributed by atoms with E-state index in [9.17, 15) is 14.4 Å². The van der Waals surface area contributed by atoms with Crippen molar-refractivity contribution in [3.8, 4) is 0 Å². The average Bonchev–Trinajstić information content (AvgIpc) is 3.16. The number of ether oxygens (including phenoxy) is 1. The molecule has 2 aromatic rings. The lowest BCUT2D eigenvalue weighted by atomic mass is 9.95. The molecule has 150 valence electrons. The number of carbonyl (C=O) groups is 3. The summed E-state index contributed by atoms with van der Waals surface area (Å²) in [4.78, 5) is 40.9. The Labute approximate surface area is 170 Å². The van der Waals surface area contributed by atoms with Crippen LogP contribution in [0.25, 0.3) is 0 Å². The lowest BCUT2D eigenvalue weighted by molar-refractivity contribution is -0.128. The van der Waals surface area contributed by atoms with Crippen molar-refractivity contribution in [2.75, 3.05) is 25.1 Å². The maximum Gasteiger partial charge on any atom is 0.338 e. The van der Waals surface area contributed by atoms with Gasteiger partial charge in [0.15, 0.2) is 0 Å². The molecule has 0 saturated carbocycles. The highest BCUT2D eigenvalue weighted by molar-refractivity contribution is 6.07. The molecular weight excluding hydrogens is 368 g/mol. The lowest BCUT2D eigenvalue weighted by Gasteiger charge is -2.30. The van der Waals surface area contributed by atoms with Gasteiger partial charge in [0, 0.05) is 37.3 Å². The van der Waals surface area contributed by atoms with Crippen molar-refractivity contribution in [3.63, 3.8) is 0 Å². The normalized spacial score (nSPS) is 16.0. The number of rotatable bonds is 4. The Hall–Kier alpha value is -3.15. The van der Waals surface area contributed by atoms with Gasteiger partial charge in [-0.15, -0.1) is 0 Å². The zero-order valence-electron chi connectivity index (χ0n) is 16.5. The summed E-state index contributed by atoms with van der Waals surface area (Å²) in [6.07, 6.45) is 3.02. The van der Waals surface area contributed by atoms with E-state index >= 15 is 0 Å². The van der Waals surface area contributed by atoms with Crippen LogP contribution in [0.15, 0.2) is 42.5 Å². The minimum absolute atomic E-state index is 0.0948. The summed E-state index contributed by atoms with van der Waals surface area (Å²) in [7, 11) is 1.37. The van der Waals surface area contributed by atoms with Crippen molar-refractivity contribution >= 4 is 23.5 Å². The van der Waals surface area contributed by atoms with Gasteiger partial charge in [-0.3, -0.25) is 9.59 Å². The highest BCUT2D eigenvalue weighted by Gasteiger charge is 2.27. The smallest absolute Gasteiger partial charge is 0.338 e. The van der Waals surface area contributed by atoms with Gasteiger partial charge in [0.2, 0.25) is 5.91 Å². The zero-order chi connectivity index (χ0) is 20.4. The molecule has 29 heavy (non-hydrogen) atoms. The van der Waals surface area contributed by atoms with E-state index < -0.39 is 0 Å². The molecule has 2 aliphatic rings. The van der Waals surface area contributed by atoms with Gasteiger partial charge in [0.05, 0.1) is 12.7 Å². The fraction of sp³-hybridized carbons (Fsp3) is 0.348. The fourth-order valence-electron chi connectivity index (χ4n) is 4.19. The van der Waals surface area contributed by atoms with E-state index in [1.54, 1.807) is 23.1 Å². The van der Waals surface area contributed by atoms with Crippen molar-refractivity contribution in [1.29, 1.82) is 0 Å². The van der Waals surface area contributed by atoms with Gasteiger partial charge in [0.1, 0.15) is 0 Å². The molecule has 6 nitrogen and oxygen atoms in total. The number of amides is 2. The first-order valence-corrected chi connectivity index (χ1v) is 9.97. The third-order valence-corrected chi connectivity index (χ3v) is 5.62. The topological polar surface area (TPSA) is 66.9 Å². The van der Waals surface area contributed by atoms with Crippen LogP contribution < -0.4 is 4.90 Å². The maximum atomic E-state index is 13.3. The Kier molecular flexibility index (Phi) is 5.34. The molecule has 2 aliphatic heterocycles. The number of hydrogen-bond donors (Lipinski definition) is 0. The van der Waals surface area contributed by atoms with Gasteiger partial charge in [-0.1, -0.05) is 18.2 Å². The van der Waals surface area contributed by atoms with Crippen LogP contribution in [0, 0.1) is 0 Å². The minimum Gasteiger partial charge on any atom is -0.465 e. The standard InChI is InChI=1S/C23H24N2O4/c1-29-23(28)19-8-3-10-20-18(19)9-4-13-25(20)22(27)17-7-2-6-16(14-17)15-24-12-5-11-21(24)26/h2-3,6-8,10,14H,4-5,9,11-13,15H2,1H3. The molecule has 2 aromatic carbocycles. The number of benzene rings is 2. The number of carbonyl (C=O) groups excluding carboxylic acids is 3. The van der Waals surface area contributed by atoms with Crippen molar-refractivity contribution in [3.05, 3.63) is 64.7 Å². The molecule has 4 rings (SSSR count). The predicted octanol–water partition coefficient (Wildman–Crippen LogP) is 3.19. The second kappa shape index (κ2) is 8.07. The van der Waals surface area contributed by atoms with Crippen LogP contribution >= 0.6 is 0 Å². The molecule has 0 aliphatic carbocycles. The van der Waals surface area contributed by atoms with Gasteiger partial charge in [-0.05, 0) is 54.7 Å². The average molecular weight is 392 g/mol. The lowest BCUT2D eigenvalue weighted by Crippen LogP contribution is -2.36. The Morgan fingerprint density at radius 2 is 1.83 bits per heavy atom. The monoisotopic (exact) mass is 392 g/mol. The highest BCUT2D eigenvalue weighted by Crippen LogP contribution is 2.31. The molecule has 0 unspecified atom stereocenters. The number of hydrogen-bond acceptors (Lipinski definition) is 4. The Bertz CT molecular complexity index is 969. The molecule has 2 amide bonds. The van der Waals surface area contributed by atoms with E-state index in [2.05, 4.69) is 0 Å². The molecule has 0 bridgehead atoms. The first kappa shape index (κ1) is 19.2. The van der Waals surface area contributed by atoms with Crippen molar-refractivity contribution in [2.45, 2.75) is 32.2 Å². The van der Waals surface area contributed by atoms with Crippen LogP contribution in [0.5, 0.6) is 0 Å². The van der Waals surface area contributed by atoms with Gasteiger partial charge in [-0.2, -0.15) is 0 Å². The SMILES string of the molecule is COC(=O)c1cccc2c1CCCN2C(=O)c1cccc(CN2CCCC2=O)c1. The predicted molar refractivity (Wildman–Crippen MR) is 109 cm³/mol. The molecule has 0 atom stereocenters. The third-order valence-electron chi connectivity index (χ3n) is 5.62. The van der Waals surface area contributed by atoms with Gasteiger partial charge >= 0.3 is 5.97 Å². The molecule has 2 heterocycles. The fourth-order valence-corrected chi connectivity index (χ4v) is 4.19. The van der Waals surface area contributed by atoms with Gasteiger partial charge < -0.3 is 14.5 Å². The summed E-state index contributed by atoms with van der Waals surface area (Å²) in [6.45, 7) is 1.90. The highest BCUT2D eigenvalue weighted by atomic mass is 16.5. The van der Waals surface area contributed by atoms with Crippen LogP contribution in [0.2, 0.25) is 0 Å². The molecule has 0 N–H and O–H groups in total. The van der Waals surface area contributed by atoms with Crippen LogP contribution in [-0.2, 0) is 22.5 Å². The molecule has 1 fully saturated rings. The zero-order valence-corrected chi connectivity index (χ0v) is 16.5. The number of fused-ring (bicyclic) bond motifs is 1. The second-order valence-corrected chi connectivity index (χ2v) is 7.47. The van der Waals surface area contributed by atoms with E-state index in [0.29, 0.717) is 30.6 Å². The Morgan fingerprint density at radius 3 is 2.59 bits per heavy atom. The largest absolute Gasteiger partial charge is 0.465 e. The van der Waals surface area contributed by atoms with E-state index in [-0.39, 0.29) is 17.8 Å². The Balaban J connectivity index is 1.61. The quantitative estimate of drug-likeness (QED) is 0.750. The minimum atomic E-state index is -0.381. The summed E-state index contributed by atoms with van der Waals surface area (Å²) < 4.78 is 4.90. The second-order valence-electron chi connectivity index (χ2n) is 7.47. The first-order valence-electron chi connectivity index (χ1n) is 9.97. The molecule has 0 radical (unpaired) electrons. The van der Waals surface area contributed by atoms with E-state index in [1.807, 2.05) is 29.2 Å². The number of methoxy groups -OCH3 is 1. The van der Waals surface area contributed by atoms with Gasteiger partial charge in [0.25, 0.3) is 5.91 Å². The first-order chi connectivity index (χ1) is 14.1. The van der Waals surface area contributed by atoms with Crippen molar-refractivity contribution in [2.24, 2.45) is 0 Å². The summed E-state index contributed by atoms with van der Waals surface area (Å²) in [6, 6.07) is 12.9. The third kappa shape index (κ3) is 3.75. The van der Waals surface area contributed by atoms with E-state index in [1.165, 1.54) is 7.11 Å². The van der Waals surface area contributed by atoms with Crippen LogP contribution in [0.1, 0.15) is 51.1 Å². The summed E-state index contributed by atoms with van der Waals surface area (Å²) in [5, 5.41) is 0. The van der Waals surface area contributed by atoms with Crippen molar-refractivity contribution < 1.29 is 19.1 Å². The molecular formula is C23H24N2O4. The number of esters is 1. The molecule has 0 spiro atoms. The van der Waals surface area contributed by atoms with E-state index in [0.717, 1.165) is 42.6 Å². The molecule has 6 heteroatoms. The van der Waals surface area contributed by atoms with E-state index in [4.69, 9.17) is 4.74 Å². The number of likely N-dealkylation sites (tertiary alicyclic amines) is 1. The summed E-state index contributed by atoms with van der Waals surface area (Å²) in [5.41, 5.74) is 3.68. The molecule has 1 saturated heterocycles. The molecule has 0 aromatic heterocycles. The van der Waals surface area contributed by atoms with Crippen LogP contribution in [0.4, 0.5) is 5.69 Å². The Morgan fingerprint density at radius 1 is 1.03 bits per heavy atom. The van der Waals surface area contributed by atoms with Crippen LogP contribution in [-0.4, -0.2) is 42.9 Å². The number of nitrogens with zero attached hydrogens (tertiary/aromatic N) is 2. The van der Waals surface area contributed by atoms with Crippen LogP contribution in [0.3, 0.4) is 0 Å². The summed E-state index contributed by atoms with van der Waals surface area (Å²) >= 11 is 0.